The Labute approximate surface area is 43.8 Å². The highest BCUT2D eigenvalue weighted by atomic mass is 32.3. The van der Waals surface area contributed by atoms with Crippen LogP contribution in [0.5, 0.6) is 0 Å². The molecule has 0 saturated heterocycles. The molecule has 0 aromatic carbocycles. The van der Waals surface area contributed by atoms with E-state index in [4.69, 9.17) is 18.5 Å². The summed E-state index contributed by atoms with van der Waals surface area (Å²) in [6.45, 7) is 0. The van der Waals surface area contributed by atoms with E-state index >= 15 is 0 Å². The maximum absolute atomic E-state index is 11.0. The van der Waals surface area contributed by atoms with E-state index in [1.165, 1.54) is 4.83 Å². The lowest BCUT2D eigenvalue weighted by atomic mass is 12.7. The maximum atomic E-state index is 11.0. The van der Waals surface area contributed by atoms with Gasteiger partial charge in [0.05, 0.1) is 0 Å². The summed E-state index contributed by atoms with van der Waals surface area (Å²) < 4.78 is 29.3. The van der Waals surface area contributed by atoms with Crippen LogP contribution in [0.25, 0.3) is 0 Å². The first-order chi connectivity index (χ1) is 3.42. The van der Waals surface area contributed by atoms with Gasteiger partial charge in [0.15, 0.2) is 4.83 Å². The molecule has 0 aliphatic heterocycles. The molecule has 1 radical (unpaired) electrons. The van der Waals surface area contributed by atoms with Crippen LogP contribution in [-0.4, -0.2) is 13.5 Å². The molecule has 0 fully saturated rings. The molecule has 0 unspecified atom stereocenters. The second-order valence-electron chi connectivity index (χ2n) is 0.732. The number of nitro groups is 1. The monoisotopic (exact) mass is 143 g/mol. The highest BCUT2D eigenvalue weighted by Gasteiger charge is 2.17. The lowest BCUT2D eigenvalue weighted by Crippen LogP contribution is -2.16. The van der Waals surface area contributed by atoms with Crippen molar-refractivity contribution in [1.82, 2.24) is 4.83 Å². The molecular weight excluding hydrogens is 143 g/mol. The van der Waals surface area contributed by atoms with E-state index in [2.05, 4.69) is 0 Å². The fourth-order valence-corrected chi connectivity index (χ4v) is 0.239. The van der Waals surface area contributed by atoms with Crippen LogP contribution in [0.3, 0.4) is 0 Å². The van der Waals surface area contributed by atoms with Crippen LogP contribution >= 0.6 is 0 Å². The van der Waals surface area contributed by atoms with Gasteiger partial charge in [-0.05, 0) is 0 Å². The van der Waals surface area contributed by atoms with Crippen LogP contribution in [0, 0.1) is 10.1 Å². The molecule has 0 aromatic heterocycles. The van der Waals surface area contributed by atoms with E-state index < -0.39 is 15.4 Å². The molecule has 0 rings (SSSR count). The van der Waals surface area contributed by atoms with Crippen LogP contribution in [0.15, 0.2) is 0 Å². The summed E-state index contributed by atoms with van der Waals surface area (Å²) in [7, 11) is -5.30. The Morgan fingerprint density at radius 2 is 2.00 bits per heavy atom. The zero-order chi connectivity index (χ0) is 6.78. The number of rotatable bonds is 2. The van der Waals surface area contributed by atoms with Crippen LogP contribution in [0.2, 0.25) is 0 Å². The van der Waals surface area contributed by atoms with E-state index in [9.17, 15) is 3.89 Å². The van der Waals surface area contributed by atoms with Crippen molar-refractivity contribution in [3.05, 3.63) is 10.1 Å². The molecule has 0 aliphatic rings. The van der Waals surface area contributed by atoms with E-state index in [1.54, 1.807) is 0 Å². The van der Waals surface area contributed by atoms with Gasteiger partial charge in [0, 0.05) is 0 Å². The smallest absolute Gasteiger partial charge is 0.232 e. The number of nitrogens with zero attached hydrogens (tertiary/aromatic N) is 2. The second-order valence-corrected chi connectivity index (χ2v) is 1.72. The van der Waals surface area contributed by atoms with Gasteiger partial charge >= 0.3 is 10.4 Å². The number of hydrogen-bond acceptors (Lipinski definition) is 4. The van der Waals surface area contributed by atoms with Crippen molar-refractivity contribution in [1.29, 1.82) is 0 Å². The third-order valence-corrected chi connectivity index (χ3v) is 0.493. The largest absolute Gasteiger partial charge is 0.476 e. The van der Waals surface area contributed by atoms with Crippen LogP contribution in [0.1, 0.15) is 0 Å². The molecule has 0 aromatic rings. The van der Waals surface area contributed by atoms with Crippen molar-refractivity contribution in [3.8, 4) is 0 Å². The Kier molecular flexibility index (Phi) is 1.68. The summed E-state index contributed by atoms with van der Waals surface area (Å²) in [6.07, 6.45) is 0. The van der Waals surface area contributed by atoms with Gasteiger partial charge in [-0.1, -0.05) is 3.89 Å². The molecule has 0 saturated carbocycles. The second kappa shape index (κ2) is 1.90. The lowest BCUT2D eigenvalue weighted by molar-refractivity contribution is -0.524. The number of halogens is 1. The van der Waals surface area contributed by atoms with E-state index in [-0.39, 0.29) is 0 Å². The van der Waals surface area contributed by atoms with Gasteiger partial charge in [-0.2, -0.15) is 8.42 Å². The molecule has 0 heterocycles. The fourth-order valence-electron chi connectivity index (χ4n) is 0.0796. The molecule has 8 heavy (non-hydrogen) atoms. The highest BCUT2D eigenvalue weighted by Crippen LogP contribution is 1.83. The maximum Gasteiger partial charge on any atom is 0.476 e. The Morgan fingerprint density at radius 1 is 1.62 bits per heavy atom. The van der Waals surface area contributed by atoms with Gasteiger partial charge in [-0.15, -0.1) is 0 Å². The minimum atomic E-state index is -5.30. The van der Waals surface area contributed by atoms with Crippen molar-refractivity contribution in [2.45, 2.75) is 0 Å². The van der Waals surface area contributed by atoms with Crippen molar-refractivity contribution < 1.29 is 17.3 Å². The predicted molar refractivity (Wildman–Crippen MR) is 19.2 cm³/mol. The zero-order valence-corrected chi connectivity index (χ0v) is 4.13. The predicted octanol–water partition coefficient (Wildman–Crippen LogP) is -1.00. The van der Waals surface area contributed by atoms with Gasteiger partial charge in [0.1, 0.15) is 0 Å². The Hall–Kier alpha value is -0.920. The highest BCUT2D eigenvalue weighted by molar-refractivity contribution is 7.84. The van der Waals surface area contributed by atoms with Crippen molar-refractivity contribution >= 4 is 10.4 Å². The molecule has 0 spiro atoms. The molecule has 47 valence electrons. The van der Waals surface area contributed by atoms with Crippen LogP contribution in [-0.2, 0) is 10.4 Å². The first-order valence-electron chi connectivity index (χ1n) is 1.24. The Morgan fingerprint density at radius 3 is 2.00 bits per heavy atom. The number of hydrogen-bond donors (Lipinski definition) is 0. The van der Waals surface area contributed by atoms with E-state index in [1.807, 2.05) is 0 Å². The molecular formula is FN2O4S. The van der Waals surface area contributed by atoms with Crippen molar-refractivity contribution in [2.75, 3.05) is 0 Å². The minimum absolute atomic E-state index is 1.44. The average Bonchev–Trinajstić information content (AvgIpc) is 1.21. The van der Waals surface area contributed by atoms with Gasteiger partial charge in [-0.3, -0.25) is 0 Å². The summed E-state index contributed by atoms with van der Waals surface area (Å²) in [5.41, 5.74) is 0. The van der Waals surface area contributed by atoms with Gasteiger partial charge in [0.25, 0.3) is 0 Å². The first kappa shape index (κ1) is 7.08. The summed E-state index contributed by atoms with van der Waals surface area (Å²) >= 11 is 0. The normalized spacial score (nSPS) is 10.6. The third-order valence-electron chi connectivity index (χ3n) is 0.164. The fraction of sp³-hybridized carbons (Fsp3) is 0. The van der Waals surface area contributed by atoms with Crippen molar-refractivity contribution in [2.24, 2.45) is 0 Å². The Balaban J connectivity index is 3.95. The van der Waals surface area contributed by atoms with Gasteiger partial charge < -0.3 is 0 Å². The minimum Gasteiger partial charge on any atom is -0.232 e. The lowest BCUT2D eigenvalue weighted by Gasteiger charge is -1.77. The van der Waals surface area contributed by atoms with Gasteiger partial charge in [-0.25, -0.2) is 10.1 Å². The molecule has 6 nitrogen and oxygen atoms in total. The molecule has 0 N–H and O–H groups in total. The third kappa shape index (κ3) is 5.08. The first-order valence-corrected chi connectivity index (χ1v) is 2.58. The molecule has 0 atom stereocenters. The molecule has 0 aliphatic carbocycles. The summed E-state index contributed by atoms with van der Waals surface area (Å²) in [5.74, 6) is 0. The SMILES string of the molecule is O=[N+]([O-])[N]S(=O)(=O)F. The molecule has 0 bridgehead atoms. The quantitative estimate of drug-likeness (QED) is 0.281. The molecule has 8 heteroatoms. The Bertz CT molecular complexity index is 180. The topological polar surface area (TPSA) is 91.4 Å². The average molecular weight is 143 g/mol. The van der Waals surface area contributed by atoms with E-state index in [0.29, 0.717) is 0 Å². The standard InChI is InChI=1S/FN2O4S/c1-8(6,7)2-3(4)5. The summed E-state index contributed by atoms with van der Waals surface area (Å²) in [5, 5.41) is 7.41. The van der Waals surface area contributed by atoms with Crippen LogP contribution in [0.4, 0.5) is 3.89 Å². The summed E-state index contributed by atoms with van der Waals surface area (Å²) in [4.78, 5) is 10.5. The van der Waals surface area contributed by atoms with E-state index in [0.717, 1.165) is 0 Å². The zero-order valence-electron chi connectivity index (χ0n) is 3.31. The van der Waals surface area contributed by atoms with Crippen molar-refractivity contribution in [3.63, 3.8) is 0 Å². The summed E-state index contributed by atoms with van der Waals surface area (Å²) in [6, 6.07) is 0. The van der Waals surface area contributed by atoms with Gasteiger partial charge in [0.2, 0.25) is 5.03 Å². The molecule has 0 amide bonds. The van der Waals surface area contributed by atoms with Crippen LogP contribution < -0.4 is 4.83 Å².